The van der Waals surface area contributed by atoms with E-state index in [9.17, 15) is 26.4 Å². The maximum atomic E-state index is 13.4. The number of likely N-dealkylation sites (tertiary alicyclic amines) is 1. The van der Waals surface area contributed by atoms with E-state index < -0.39 is 26.3 Å². The Hall–Kier alpha value is -2.59. The van der Waals surface area contributed by atoms with Gasteiger partial charge in [-0.05, 0) is 56.9 Å². The van der Waals surface area contributed by atoms with Gasteiger partial charge in [-0.2, -0.15) is 17.6 Å². The first-order chi connectivity index (χ1) is 15.8. The number of aryl methyl sites for hydroxylation is 1. The topological polar surface area (TPSA) is 74.3 Å². The maximum absolute atomic E-state index is 13.4. The number of aromatic nitrogens is 2. The van der Waals surface area contributed by atoms with E-state index >= 15 is 0 Å². The molecule has 1 amide bonds. The highest BCUT2D eigenvalue weighted by molar-refractivity contribution is 7.92. The average molecular weight is 530 g/mol. The number of nitrogens with one attached hydrogen (secondary N) is 1. The standard InChI is InChI=1S/C24H26F3N3O3S.ClH/c1-16-21(30-12-5-4-9-20(30)28-16)22(31)29-13-10-17(11-14-29)23(2,3)34(32,33)19-8-6-7-18(15-19)24(25,26)27;/h4-9,12,15,17H,10-11,13-14H2,1-3H3;1H. The maximum Gasteiger partial charge on any atom is 0.416 e. The Labute approximate surface area is 208 Å². The number of hydrogen-bond acceptors (Lipinski definition) is 3. The molecule has 35 heavy (non-hydrogen) atoms. The molecule has 11 heteroatoms. The summed E-state index contributed by atoms with van der Waals surface area (Å²) in [6.07, 6.45) is -1.95. The van der Waals surface area contributed by atoms with E-state index in [0.29, 0.717) is 37.7 Å². The van der Waals surface area contributed by atoms with Crippen LogP contribution in [0.1, 0.15) is 48.4 Å². The smallest absolute Gasteiger partial charge is 0.416 e. The van der Waals surface area contributed by atoms with Gasteiger partial charge in [-0.15, -0.1) is 0 Å². The van der Waals surface area contributed by atoms with Gasteiger partial charge < -0.3 is 17.3 Å². The largest absolute Gasteiger partial charge is 1.00 e. The fraction of sp³-hybridized carbons (Fsp3) is 0.417. The number of aromatic amines is 1. The van der Waals surface area contributed by atoms with Gasteiger partial charge in [0, 0.05) is 26.1 Å². The molecular formula is C24H27ClF3N3O3S. The van der Waals surface area contributed by atoms with Crippen molar-refractivity contribution in [2.24, 2.45) is 5.92 Å². The Morgan fingerprint density at radius 2 is 1.74 bits per heavy atom. The van der Waals surface area contributed by atoms with Crippen LogP contribution in [-0.4, -0.2) is 42.0 Å². The second-order valence-corrected chi connectivity index (χ2v) is 11.8. The number of carbonyl (C=O) groups is 1. The number of piperidine rings is 1. The summed E-state index contributed by atoms with van der Waals surface area (Å²) in [5.74, 6) is -0.454. The number of fused-ring (bicyclic) bond motifs is 1. The van der Waals surface area contributed by atoms with Gasteiger partial charge in [0.05, 0.1) is 21.4 Å². The number of carbonyl (C=O) groups excluding carboxylic acids is 1. The summed E-state index contributed by atoms with van der Waals surface area (Å²) in [6.45, 7) is 5.68. The van der Waals surface area contributed by atoms with Gasteiger partial charge in [0.1, 0.15) is 0 Å². The number of hydrogen-bond donors (Lipinski definition) is 1. The number of nitrogens with zero attached hydrogens (tertiary/aromatic N) is 2. The van der Waals surface area contributed by atoms with Gasteiger partial charge in [0.2, 0.25) is 5.69 Å². The molecule has 1 aliphatic rings. The van der Waals surface area contributed by atoms with Crippen LogP contribution in [-0.2, 0) is 16.0 Å². The molecule has 0 bridgehead atoms. The third-order valence-corrected chi connectivity index (χ3v) is 9.50. The average Bonchev–Trinajstić information content (AvgIpc) is 3.13. The van der Waals surface area contributed by atoms with Gasteiger partial charge in [0.15, 0.2) is 15.5 Å². The first kappa shape index (κ1) is 27.0. The highest BCUT2D eigenvalue weighted by Gasteiger charge is 2.45. The number of H-pyrrole nitrogens is 1. The Morgan fingerprint density at radius 1 is 1.09 bits per heavy atom. The van der Waals surface area contributed by atoms with Gasteiger partial charge in [-0.1, -0.05) is 12.1 Å². The predicted octanol–water partition coefficient (Wildman–Crippen LogP) is 1.19. The first-order valence-electron chi connectivity index (χ1n) is 11.0. The van der Waals surface area contributed by atoms with Crippen molar-refractivity contribution in [3.05, 3.63) is 65.6 Å². The summed E-state index contributed by atoms with van der Waals surface area (Å²) in [4.78, 5) is 17.8. The van der Waals surface area contributed by atoms with Crippen LogP contribution >= 0.6 is 0 Å². The summed E-state index contributed by atoms with van der Waals surface area (Å²) < 4.78 is 66.6. The fourth-order valence-electron chi connectivity index (χ4n) is 4.73. The van der Waals surface area contributed by atoms with Crippen LogP contribution in [0.5, 0.6) is 0 Å². The second-order valence-electron chi connectivity index (χ2n) is 9.25. The first-order valence-corrected chi connectivity index (χ1v) is 12.5. The summed E-state index contributed by atoms with van der Waals surface area (Å²) in [7, 11) is -4.05. The minimum absolute atomic E-state index is 0. The molecule has 4 rings (SSSR count). The Morgan fingerprint density at radius 3 is 2.37 bits per heavy atom. The molecule has 1 aliphatic heterocycles. The van der Waals surface area contributed by atoms with Crippen molar-refractivity contribution >= 4 is 21.4 Å². The summed E-state index contributed by atoms with van der Waals surface area (Å²) >= 11 is 0. The van der Waals surface area contributed by atoms with Gasteiger partial charge >= 0.3 is 6.18 Å². The van der Waals surface area contributed by atoms with Crippen molar-refractivity contribution in [3.63, 3.8) is 0 Å². The van der Waals surface area contributed by atoms with Crippen LogP contribution in [0.15, 0.2) is 53.6 Å². The number of alkyl halides is 3. The van der Waals surface area contributed by atoms with E-state index in [1.165, 1.54) is 6.07 Å². The predicted molar refractivity (Wildman–Crippen MR) is 120 cm³/mol. The molecule has 0 saturated carbocycles. The Balaban J connectivity index is 0.00000342. The fourth-order valence-corrected chi connectivity index (χ4v) is 6.55. The van der Waals surface area contributed by atoms with Crippen LogP contribution in [0.4, 0.5) is 13.2 Å². The highest BCUT2D eigenvalue weighted by Crippen LogP contribution is 2.39. The molecule has 1 aromatic carbocycles. The molecule has 0 aliphatic carbocycles. The zero-order valence-corrected chi connectivity index (χ0v) is 21.1. The minimum atomic E-state index is -4.63. The van der Waals surface area contributed by atoms with Crippen molar-refractivity contribution in [2.45, 2.75) is 49.4 Å². The third-order valence-electron chi connectivity index (χ3n) is 6.90. The van der Waals surface area contributed by atoms with Gasteiger partial charge in [0.25, 0.3) is 11.6 Å². The van der Waals surface area contributed by atoms with E-state index in [0.717, 1.165) is 23.5 Å². The molecule has 0 atom stereocenters. The number of amides is 1. The molecule has 0 spiro atoms. The molecular weight excluding hydrogens is 503 g/mol. The Bertz CT molecular complexity index is 1340. The molecule has 3 heterocycles. The van der Waals surface area contributed by atoms with Crippen LogP contribution < -0.4 is 16.8 Å². The van der Waals surface area contributed by atoms with Crippen molar-refractivity contribution < 1.29 is 43.2 Å². The summed E-state index contributed by atoms with van der Waals surface area (Å²) in [6, 6.07) is 9.48. The number of pyridine rings is 1. The van der Waals surface area contributed by atoms with Crippen LogP contribution in [0.2, 0.25) is 0 Å². The van der Waals surface area contributed by atoms with Crippen LogP contribution in [0, 0.1) is 12.8 Å². The molecule has 190 valence electrons. The number of sulfone groups is 1. The molecule has 1 saturated heterocycles. The number of imidazole rings is 1. The summed E-state index contributed by atoms with van der Waals surface area (Å²) in [5, 5.41) is 0. The number of rotatable bonds is 4. The van der Waals surface area contributed by atoms with E-state index in [1.807, 2.05) is 31.3 Å². The zero-order chi connectivity index (χ0) is 24.9. The molecule has 6 nitrogen and oxygen atoms in total. The lowest BCUT2D eigenvalue weighted by atomic mass is 9.85. The lowest BCUT2D eigenvalue weighted by Gasteiger charge is -2.40. The molecule has 1 N–H and O–H groups in total. The molecule has 1 fully saturated rings. The van der Waals surface area contributed by atoms with E-state index in [4.69, 9.17) is 0 Å². The van der Waals surface area contributed by atoms with Crippen molar-refractivity contribution in [1.82, 2.24) is 9.88 Å². The van der Waals surface area contributed by atoms with Gasteiger partial charge in [-0.3, -0.25) is 4.79 Å². The van der Waals surface area contributed by atoms with Crippen molar-refractivity contribution in [3.8, 4) is 0 Å². The SMILES string of the molecule is Cc1[nH]c2cccc[n+]2c1C(=O)N1CCC(C(C)(C)S(=O)(=O)c2cccc(C(F)(F)F)c2)CC1.[Cl-]. The second kappa shape index (κ2) is 9.46. The van der Waals surface area contributed by atoms with E-state index in [1.54, 1.807) is 23.1 Å². The zero-order valence-electron chi connectivity index (χ0n) is 19.6. The monoisotopic (exact) mass is 529 g/mol. The third kappa shape index (κ3) is 4.78. The van der Waals surface area contributed by atoms with Crippen LogP contribution in [0.25, 0.3) is 5.65 Å². The molecule has 0 unspecified atom stereocenters. The number of benzene rings is 1. The lowest BCUT2D eigenvalue weighted by Crippen LogP contribution is -3.00. The molecule has 2 aromatic heterocycles. The minimum Gasteiger partial charge on any atom is -1.00 e. The lowest BCUT2D eigenvalue weighted by molar-refractivity contribution is -0.513. The normalized spacial score (nSPS) is 15.8. The Kier molecular flexibility index (Phi) is 7.30. The highest BCUT2D eigenvalue weighted by atomic mass is 35.5. The number of halogens is 4. The molecule has 0 radical (unpaired) electrons. The van der Waals surface area contributed by atoms with Crippen molar-refractivity contribution in [2.75, 3.05) is 13.1 Å². The van der Waals surface area contributed by atoms with Gasteiger partial charge in [-0.25, -0.2) is 13.4 Å². The molecule has 3 aromatic rings. The van der Waals surface area contributed by atoms with E-state index in [-0.39, 0.29) is 29.1 Å². The summed E-state index contributed by atoms with van der Waals surface area (Å²) in [5.41, 5.74) is 1.08. The van der Waals surface area contributed by atoms with Crippen molar-refractivity contribution in [1.29, 1.82) is 0 Å². The quantitative estimate of drug-likeness (QED) is 0.516. The van der Waals surface area contributed by atoms with E-state index in [2.05, 4.69) is 4.98 Å². The van der Waals surface area contributed by atoms with Crippen LogP contribution in [0.3, 0.4) is 0 Å².